The van der Waals surface area contributed by atoms with E-state index in [1.54, 1.807) is 43.5 Å². The first-order valence-electron chi connectivity index (χ1n) is 11.1. The van der Waals surface area contributed by atoms with Crippen molar-refractivity contribution >= 4 is 35.0 Å². The van der Waals surface area contributed by atoms with Crippen LogP contribution in [0, 0.1) is 0 Å². The van der Waals surface area contributed by atoms with Gasteiger partial charge in [0.15, 0.2) is 0 Å². The van der Waals surface area contributed by atoms with Crippen molar-refractivity contribution in [2.45, 2.75) is 26.2 Å². The van der Waals surface area contributed by atoms with Crippen LogP contribution in [0.25, 0.3) is 0 Å². The number of anilines is 1. The van der Waals surface area contributed by atoms with Crippen molar-refractivity contribution < 1.29 is 19.1 Å². The van der Waals surface area contributed by atoms with E-state index in [4.69, 9.17) is 16.3 Å². The number of carbonyl (C=O) groups is 3. The number of nitrogens with zero attached hydrogens (tertiary/aromatic N) is 3. The molecule has 3 rings (SSSR count). The summed E-state index contributed by atoms with van der Waals surface area (Å²) in [5.74, 6) is -0.723. The summed E-state index contributed by atoms with van der Waals surface area (Å²) < 4.78 is 5.14. The maximum Gasteiger partial charge on any atom is 0.254 e. The molecule has 33 heavy (non-hydrogen) atoms. The number of benzene rings is 2. The molecular weight excluding hydrogens is 442 g/mol. The van der Waals surface area contributed by atoms with Crippen LogP contribution in [-0.2, 0) is 20.7 Å². The van der Waals surface area contributed by atoms with Crippen molar-refractivity contribution in [1.29, 1.82) is 0 Å². The van der Waals surface area contributed by atoms with Crippen LogP contribution < -0.4 is 4.90 Å². The van der Waals surface area contributed by atoms with Gasteiger partial charge < -0.3 is 14.5 Å². The van der Waals surface area contributed by atoms with Gasteiger partial charge in [0.2, 0.25) is 11.8 Å². The van der Waals surface area contributed by atoms with E-state index in [-0.39, 0.29) is 44.0 Å². The van der Waals surface area contributed by atoms with Gasteiger partial charge in [-0.25, -0.2) is 0 Å². The molecular formula is C25H30ClN3O4. The van der Waals surface area contributed by atoms with Gasteiger partial charge in [-0.3, -0.25) is 19.3 Å². The first-order chi connectivity index (χ1) is 15.9. The van der Waals surface area contributed by atoms with Crippen LogP contribution in [0.5, 0.6) is 0 Å². The van der Waals surface area contributed by atoms with E-state index >= 15 is 0 Å². The van der Waals surface area contributed by atoms with Gasteiger partial charge in [0, 0.05) is 29.9 Å². The third-order valence-corrected chi connectivity index (χ3v) is 5.85. The number of amides is 3. The number of ether oxygens (including phenoxy) is 1. The van der Waals surface area contributed by atoms with Crippen molar-refractivity contribution in [3.63, 3.8) is 0 Å². The fourth-order valence-corrected chi connectivity index (χ4v) is 3.86. The molecule has 0 saturated carbocycles. The summed E-state index contributed by atoms with van der Waals surface area (Å²) in [6, 6.07) is 14.5. The zero-order valence-electron chi connectivity index (χ0n) is 19.1. The zero-order valence-corrected chi connectivity index (χ0v) is 19.9. The van der Waals surface area contributed by atoms with Crippen LogP contribution in [0.1, 0.15) is 35.7 Å². The Morgan fingerprint density at radius 2 is 1.91 bits per heavy atom. The minimum absolute atomic E-state index is 0.0379. The molecule has 1 fully saturated rings. The van der Waals surface area contributed by atoms with E-state index < -0.39 is 0 Å². The predicted molar refractivity (Wildman–Crippen MR) is 128 cm³/mol. The number of aryl methyl sites for hydroxylation is 1. The molecule has 0 aromatic heterocycles. The maximum atomic E-state index is 13.1. The van der Waals surface area contributed by atoms with Crippen LogP contribution in [0.15, 0.2) is 48.5 Å². The van der Waals surface area contributed by atoms with Crippen LogP contribution in [0.2, 0.25) is 5.02 Å². The molecule has 2 aromatic rings. The molecule has 0 aliphatic carbocycles. The summed E-state index contributed by atoms with van der Waals surface area (Å²) >= 11 is 6.04. The van der Waals surface area contributed by atoms with Crippen LogP contribution >= 0.6 is 11.6 Å². The first kappa shape index (κ1) is 24.7. The number of unbranched alkanes of at least 4 members (excludes halogenated alkanes) is 1. The van der Waals surface area contributed by atoms with Gasteiger partial charge in [-0.15, -0.1) is 0 Å². The molecule has 0 bridgehead atoms. The molecule has 1 aliphatic heterocycles. The summed E-state index contributed by atoms with van der Waals surface area (Å²) in [4.78, 5) is 43.1. The quantitative estimate of drug-likeness (QED) is 0.531. The molecule has 0 unspecified atom stereocenters. The first-order valence-corrected chi connectivity index (χ1v) is 11.5. The summed E-state index contributed by atoms with van der Waals surface area (Å²) in [5.41, 5.74) is 2.35. The molecule has 0 atom stereocenters. The molecule has 1 saturated heterocycles. The molecule has 7 nitrogen and oxygen atoms in total. The molecule has 1 heterocycles. The van der Waals surface area contributed by atoms with Gasteiger partial charge in [0.25, 0.3) is 5.91 Å². The monoisotopic (exact) mass is 471 g/mol. The van der Waals surface area contributed by atoms with Crippen LogP contribution in [-0.4, -0.2) is 67.5 Å². The fourth-order valence-electron chi connectivity index (χ4n) is 3.68. The Morgan fingerprint density at radius 1 is 1.15 bits per heavy atom. The normalized spacial score (nSPS) is 13.5. The molecule has 3 amide bonds. The fraction of sp³-hybridized carbons (Fsp3) is 0.400. The highest BCUT2D eigenvalue weighted by molar-refractivity contribution is 6.31. The van der Waals surface area contributed by atoms with E-state index in [0.717, 1.165) is 19.3 Å². The topological polar surface area (TPSA) is 70.2 Å². The lowest BCUT2D eigenvalue weighted by Gasteiger charge is -2.25. The Hall–Kier alpha value is -2.90. The molecule has 0 radical (unpaired) electrons. The van der Waals surface area contributed by atoms with Gasteiger partial charge in [0.05, 0.1) is 6.61 Å². The molecule has 1 aliphatic rings. The van der Waals surface area contributed by atoms with Crippen molar-refractivity contribution in [3.8, 4) is 0 Å². The highest BCUT2D eigenvalue weighted by Crippen LogP contribution is 2.23. The summed E-state index contributed by atoms with van der Waals surface area (Å²) in [6.07, 6.45) is 3.19. The average molecular weight is 472 g/mol. The highest BCUT2D eigenvalue weighted by Gasteiger charge is 2.33. The van der Waals surface area contributed by atoms with Gasteiger partial charge >= 0.3 is 0 Å². The highest BCUT2D eigenvalue weighted by atomic mass is 35.5. The van der Waals surface area contributed by atoms with Crippen molar-refractivity contribution in [2.75, 3.05) is 44.9 Å². The zero-order chi connectivity index (χ0) is 23.8. The van der Waals surface area contributed by atoms with Gasteiger partial charge in [-0.1, -0.05) is 43.1 Å². The summed E-state index contributed by atoms with van der Waals surface area (Å²) in [5, 5.41) is 0.516. The minimum atomic E-state index is -0.295. The lowest BCUT2D eigenvalue weighted by molar-refractivity contribution is -0.132. The van der Waals surface area contributed by atoms with Crippen molar-refractivity contribution in [1.82, 2.24) is 9.80 Å². The number of methoxy groups -OCH3 is 1. The Labute approximate surface area is 199 Å². The second-order valence-corrected chi connectivity index (χ2v) is 8.49. The number of hydrogen-bond donors (Lipinski definition) is 0. The van der Waals surface area contributed by atoms with E-state index in [1.807, 2.05) is 12.1 Å². The van der Waals surface area contributed by atoms with E-state index in [9.17, 15) is 14.4 Å². The number of rotatable bonds is 10. The predicted octanol–water partition coefficient (Wildman–Crippen LogP) is 3.60. The Bertz CT molecular complexity index is 980. The van der Waals surface area contributed by atoms with Gasteiger partial charge in [0.1, 0.15) is 19.8 Å². The standard InChI is InChI=1S/C25H30ClN3O4/c1-3-4-6-19-9-11-20(12-10-19)25(32)27(13-14-33-2)16-23(30)28-17-24(31)29(18-28)22-8-5-7-21(26)15-22/h5,7-12,15H,3-4,6,13-14,16-18H2,1-2H3. The van der Waals surface area contributed by atoms with Gasteiger partial charge in [-0.2, -0.15) is 0 Å². The summed E-state index contributed by atoms with van der Waals surface area (Å²) in [7, 11) is 1.55. The van der Waals surface area contributed by atoms with E-state index in [1.165, 1.54) is 20.3 Å². The van der Waals surface area contributed by atoms with Crippen molar-refractivity contribution in [2.24, 2.45) is 0 Å². The largest absolute Gasteiger partial charge is 0.383 e. The molecule has 2 aromatic carbocycles. The third kappa shape index (κ3) is 6.55. The lowest BCUT2D eigenvalue weighted by Crippen LogP contribution is -2.44. The van der Waals surface area contributed by atoms with E-state index in [0.29, 0.717) is 22.9 Å². The number of halogens is 1. The molecule has 0 spiro atoms. The third-order valence-electron chi connectivity index (χ3n) is 5.61. The molecule has 176 valence electrons. The average Bonchev–Trinajstić information content (AvgIpc) is 3.22. The van der Waals surface area contributed by atoms with Crippen LogP contribution in [0.4, 0.5) is 5.69 Å². The van der Waals surface area contributed by atoms with Gasteiger partial charge in [-0.05, 0) is 48.7 Å². The van der Waals surface area contributed by atoms with Crippen molar-refractivity contribution in [3.05, 3.63) is 64.7 Å². The number of hydrogen-bond acceptors (Lipinski definition) is 4. The van der Waals surface area contributed by atoms with Crippen LogP contribution in [0.3, 0.4) is 0 Å². The Kier molecular flexibility index (Phi) is 8.86. The summed E-state index contributed by atoms with van der Waals surface area (Å²) in [6.45, 7) is 2.68. The smallest absolute Gasteiger partial charge is 0.254 e. The maximum absolute atomic E-state index is 13.1. The van der Waals surface area contributed by atoms with E-state index in [2.05, 4.69) is 6.92 Å². The molecule has 0 N–H and O–H groups in total. The minimum Gasteiger partial charge on any atom is -0.383 e. The number of carbonyl (C=O) groups excluding carboxylic acids is 3. The SMILES string of the molecule is CCCCc1ccc(C(=O)N(CCOC)CC(=O)N2CC(=O)N(c3cccc(Cl)c3)C2)cc1. The Morgan fingerprint density at radius 3 is 2.58 bits per heavy atom. The second kappa shape index (κ2) is 11.8. The second-order valence-electron chi connectivity index (χ2n) is 8.05. The lowest BCUT2D eigenvalue weighted by atomic mass is 10.1. The molecule has 8 heteroatoms. The Balaban J connectivity index is 1.67.